The summed E-state index contributed by atoms with van der Waals surface area (Å²) in [6, 6.07) is 19.2. The van der Waals surface area contributed by atoms with Gasteiger partial charge in [0.05, 0.1) is 12.6 Å². The topological polar surface area (TPSA) is 41.6 Å². The van der Waals surface area contributed by atoms with Crippen molar-refractivity contribution in [3.63, 3.8) is 0 Å². The van der Waals surface area contributed by atoms with Crippen LogP contribution in [0.1, 0.15) is 25.5 Å². The van der Waals surface area contributed by atoms with Crippen molar-refractivity contribution in [3.8, 4) is 0 Å². The predicted molar refractivity (Wildman–Crippen MR) is 95.7 cm³/mol. The van der Waals surface area contributed by atoms with Crippen molar-refractivity contribution in [2.45, 2.75) is 26.1 Å². The average Bonchev–Trinajstić information content (AvgIpc) is 2.99. The number of ether oxygens (including phenoxy) is 1. The maximum atomic E-state index is 12.9. The average molecular weight is 322 g/mol. The molecule has 1 N–H and O–H groups in total. The number of urea groups is 1. The molecule has 2 amide bonds. The van der Waals surface area contributed by atoms with E-state index in [9.17, 15) is 4.79 Å². The number of rotatable bonds is 3. The number of carbonyl (C=O) groups excluding carboxylic acids is 1. The number of allylic oxidation sites excluding steroid dienone is 1. The van der Waals surface area contributed by atoms with E-state index in [1.54, 1.807) is 4.90 Å². The van der Waals surface area contributed by atoms with Crippen LogP contribution < -0.4 is 5.32 Å². The highest BCUT2D eigenvalue weighted by atomic mass is 16.5. The van der Waals surface area contributed by atoms with Crippen molar-refractivity contribution in [1.82, 2.24) is 4.90 Å². The van der Waals surface area contributed by atoms with E-state index in [2.05, 4.69) is 5.32 Å². The van der Waals surface area contributed by atoms with E-state index in [0.29, 0.717) is 6.61 Å². The van der Waals surface area contributed by atoms with Gasteiger partial charge in [-0.2, -0.15) is 0 Å². The quantitative estimate of drug-likeness (QED) is 0.840. The molecule has 2 aromatic carbocycles. The summed E-state index contributed by atoms with van der Waals surface area (Å²) in [4.78, 5) is 14.7. The largest absolute Gasteiger partial charge is 0.352 e. The Kier molecular flexibility index (Phi) is 4.96. The van der Waals surface area contributed by atoms with Crippen LogP contribution in [0.15, 0.2) is 72.3 Å². The third-order valence-electron chi connectivity index (χ3n) is 3.95. The second-order valence-corrected chi connectivity index (χ2v) is 6.10. The monoisotopic (exact) mass is 322 g/mol. The third-order valence-corrected chi connectivity index (χ3v) is 3.95. The Morgan fingerprint density at radius 3 is 2.33 bits per heavy atom. The first-order valence-corrected chi connectivity index (χ1v) is 8.11. The molecule has 1 aliphatic heterocycles. The van der Waals surface area contributed by atoms with E-state index in [4.69, 9.17) is 4.74 Å². The van der Waals surface area contributed by atoms with Crippen molar-refractivity contribution in [2.75, 3.05) is 11.9 Å². The van der Waals surface area contributed by atoms with Gasteiger partial charge in [-0.1, -0.05) is 54.1 Å². The first-order valence-electron chi connectivity index (χ1n) is 8.11. The van der Waals surface area contributed by atoms with E-state index in [-0.39, 0.29) is 18.3 Å². The number of amides is 2. The van der Waals surface area contributed by atoms with E-state index in [0.717, 1.165) is 16.8 Å². The Labute approximate surface area is 142 Å². The summed E-state index contributed by atoms with van der Waals surface area (Å²) < 4.78 is 5.89. The van der Waals surface area contributed by atoms with Gasteiger partial charge in [0.25, 0.3) is 0 Å². The molecule has 0 radical (unpaired) electrons. The van der Waals surface area contributed by atoms with Gasteiger partial charge in [-0.15, -0.1) is 0 Å². The predicted octanol–water partition coefficient (Wildman–Crippen LogP) is 4.58. The zero-order valence-electron chi connectivity index (χ0n) is 14.0. The number of benzene rings is 2. The van der Waals surface area contributed by atoms with E-state index < -0.39 is 0 Å². The molecule has 1 fully saturated rings. The van der Waals surface area contributed by atoms with E-state index in [1.165, 1.54) is 0 Å². The minimum Gasteiger partial charge on any atom is -0.352 e. The highest BCUT2D eigenvalue weighted by molar-refractivity contribution is 5.90. The fourth-order valence-corrected chi connectivity index (χ4v) is 2.84. The molecule has 1 aliphatic rings. The molecule has 4 nitrogen and oxygen atoms in total. The van der Waals surface area contributed by atoms with Crippen LogP contribution in [-0.2, 0) is 4.74 Å². The van der Waals surface area contributed by atoms with Crippen LogP contribution in [0.4, 0.5) is 10.5 Å². The maximum absolute atomic E-state index is 12.9. The Morgan fingerprint density at radius 1 is 1.08 bits per heavy atom. The molecule has 0 spiro atoms. The van der Waals surface area contributed by atoms with Gasteiger partial charge in [-0.25, -0.2) is 4.79 Å². The molecule has 2 aromatic rings. The van der Waals surface area contributed by atoms with Crippen LogP contribution >= 0.6 is 0 Å². The van der Waals surface area contributed by atoms with Gasteiger partial charge in [0.15, 0.2) is 6.23 Å². The molecule has 24 heavy (non-hydrogen) atoms. The molecule has 1 heterocycles. The van der Waals surface area contributed by atoms with Gasteiger partial charge in [0, 0.05) is 5.69 Å². The highest BCUT2D eigenvalue weighted by Gasteiger charge is 2.37. The molecule has 1 saturated heterocycles. The van der Waals surface area contributed by atoms with Crippen LogP contribution in [-0.4, -0.2) is 23.8 Å². The molecule has 0 bridgehead atoms. The second-order valence-electron chi connectivity index (χ2n) is 6.10. The number of hydrogen-bond acceptors (Lipinski definition) is 2. The maximum Gasteiger partial charge on any atom is 0.324 e. The third kappa shape index (κ3) is 3.66. The van der Waals surface area contributed by atoms with Gasteiger partial charge in [0.1, 0.15) is 0 Å². The summed E-state index contributed by atoms with van der Waals surface area (Å²) in [6.45, 7) is 4.50. The minimum atomic E-state index is -0.357. The summed E-state index contributed by atoms with van der Waals surface area (Å²) in [6.07, 6.45) is 1.62. The lowest BCUT2D eigenvalue weighted by Gasteiger charge is -2.27. The zero-order valence-corrected chi connectivity index (χ0v) is 14.0. The fraction of sp³-hybridized carbons (Fsp3) is 0.250. The molecule has 0 unspecified atom stereocenters. The van der Waals surface area contributed by atoms with Crippen molar-refractivity contribution >= 4 is 11.7 Å². The van der Waals surface area contributed by atoms with Crippen LogP contribution in [0, 0.1) is 0 Å². The summed E-state index contributed by atoms with van der Waals surface area (Å²) in [7, 11) is 0. The minimum absolute atomic E-state index is 0.101. The Hall–Kier alpha value is -2.59. The summed E-state index contributed by atoms with van der Waals surface area (Å²) in [5.41, 5.74) is 2.97. The number of hydrogen-bond donors (Lipinski definition) is 1. The van der Waals surface area contributed by atoms with Crippen LogP contribution in [0.5, 0.6) is 0 Å². The molecule has 124 valence electrons. The number of carbonyl (C=O) groups is 1. The SMILES string of the molecule is CC(C)=C[C@@H]1OC[C@H](c2ccccc2)N1C(=O)Nc1ccccc1. The van der Waals surface area contributed by atoms with E-state index >= 15 is 0 Å². The Balaban J connectivity index is 1.87. The normalized spacial score (nSPS) is 19.8. The van der Waals surface area contributed by atoms with E-state index in [1.807, 2.05) is 80.6 Å². The summed E-state index contributed by atoms with van der Waals surface area (Å²) in [5, 5.41) is 2.96. The molecule has 3 rings (SSSR count). The lowest BCUT2D eigenvalue weighted by molar-refractivity contribution is 0.0888. The smallest absolute Gasteiger partial charge is 0.324 e. The zero-order chi connectivity index (χ0) is 16.9. The van der Waals surface area contributed by atoms with Gasteiger partial charge in [-0.05, 0) is 37.6 Å². The van der Waals surface area contributed by atoms with Crippen LogP contribution in [0.3, 0.4) is 0 Å². The highest BCUT2D eigenvalue weighted by Crippen LogP contribution is 2.32. The lowest BCUT2D eigenvalue weighted by atomic mass is 10.1. The van der Waals surface area contributed by atoms with Gasteiger partial charge >= 0.3 is 6.03 Å². The molecule has 4 heteroatoms. The lowest BCUT2D eigenvalue weighted by Crippen LogP contribution is -2.40. The first-order chi connectivity index (χ1) is 11.6. The van der Waals surface area contributed by atoms with Crippen LogP contribution in [0.2, 0.25) is 0 Å². The van der Waals surface area contributed by atoms with Gasteiger partial charge in [0.2, 0.25) is 0 Å². The molecule has 0 saturated carbocycles. The fourth-order valence-electron chi connectivity index (χ4n) is 2.84. The van der Waals surface area contributed by atoms with Gasteiger partial charge in [-0.3, -0.25) is 4.90 Å². The molecule has 0 aromatic heterocycles. The number of nitrogens with one attached hydrogen (secondary N) is 1. The second kappa shape index (κ2) is 7.32. The van der Waals surface area contributed by atoms with Crippen molar-refractivity contribution in [3.05, 3.63) is 77.9 Å². The number of nitrogens with zero attached hydrogens (tertiary/aromatic N) is 1. The van der Waals surface area contributed by atoms with Gasteiger partial charge < -0.3 is 10.1 Å². The Morgan fingerprint density at radius 2 is 1.71 bits per heavy atom. The summed E-state index contributed by atoms with van der Waals surface area (Å²) in [5.74, 6) is 0. The standard InChI is InChI=1S/C20H22N2O2/c1-15(2)13-19-22(20(23)21-17-11-7-4-8-12-17)18(14-24-19)16-9-5-3-6-10-16/h3-13,18-19H,14H2,1-2H3,(H,21,23)/t18-,19+/m1/s1. The van der Waals surface area contributed by atoms with Crippen molar-refractivity contribution < 1.29 is 9.53 Å². The molecule has 0 aliphatic carbocycles. The number of anilines is 1. The number of para-hydroxylation sites is 1. The molecule has 2 atom stereocenters. The molecular formula is C20H22N2O2. The van der Waals surface area contributed by atoms with Crippen LogP contribution in [0.25, 0.3) is 0 Å². The molecular weight excluding hydrogens is 300 g/mol. The first kappa shape index (κ1) is 16.3. The Bertz CT molecular complexity index is 709. The van der Waals surface area contributed by atoms with Crippen molar-refractivity contribution in [2.24, 2.45) is 0 Å². The van der Waals surface area contributed by atoms with Crippen molar-refractivity contribution in [1.29, 1.82) is 0 Å². The summed E-state index contributed by atoms with van der Waals surface area (Å²) >= 11 is 0.